The molecule has 0 saturated heterocycles. The highest BCUT2D eigenvalue weighted by Gasteiger charge is 2.28. The van der Waals surface area contributed by atoms with Crippen LogP contribution in [0.4, 0.5) is 0 Å². The van der Waals surface area contributed by atoms with E-state index >= 15 is 0 Å². The molecule has 1 aromatic heterocycles. The molecule has 0 aliphatic carbocycles. The van der Waals surface area contributed by atoms with Crippen LogP contribution in [0.5, 0.6) is 0 Å². The Morgan fingerprint density at radius 3 is 2.52 bits per heavy atom. The van der Waals surface area contributed by atoms with Crippen molar-refractivity contribution >= 4 is 34.7 Å². The van der Waals surface area contributed by atoms with Crippen molar-refractivity contribution in [2.24, 2.45) is 0 Å². The molecule has 2 rings (SSSR count). The van der Waals surface area contributed by atoms with Gasteiger partial charge in [-0.25, -0.2) is 0 Å². The number of aromatic nitrogens is 2. The van der Waals surface area contributed by atoms with Gasteiger partial charge in [-0.15, -0.1) is 5.10 Å². The van der Waals surface area contributed by atoms with Gasteiger partial charge < -0.3 is 5.32 Å². The lowest BCUT2D eigenvalue weighted by Gasteiger charge is -2.23. The third-order valence-corrected chi connectivity index (χ3v) is 4.70. The van der Waals surface area contributed by atoms with Gasteiger partial charge in [0.25, 0.3) is 0 Å². The fourth-order valence-electron chi connectivity index (χ4n) is 2.16. The number of nitrogens with zero attached hydrogens (tertiary/aromatic N) is 2. The van der Waals surface area contributed by atoms with Crippen molar-refractivity contribution in [3.8, 4) is 0 Å². The average molecular weight is 344 g/mol. The van der Waals surface area contributed by atoms with Gasteiger partial charge in [0.2, 0.25) is 0 Å². The predicted octanol–water partition coefficient (Wildman–Crippen LogP) is 4.84. The molecule has 1 aromatic carbocycles. The number of halogens is 2. The van der Waals surface area contributed by atoms with Gasteiger partial charge >= 0.3 is 0 Å². The molecule has 1 unspecified atom stereocenters. The van der Waals surface area contributed by atoms with Crippen molar-refractivity contribution in [1.29, 1.82) is 0 Å². The highest BCUT2D eigenvalue weighted by atomic mass is 35.5. The van der Waals surface area contributed by atoms with Crippen LogP contribution in [-0.2, 0) is 5.41 Å². The number of rotatable bonds is 4. The summed E-state index contributed by atoms with van der Waals surface area (Å²) in [7, 11) is 0. The minimum atomic E-state index is -0.0494. The van der Waals surface area contributed by atoms with Gasteiger partial charge in [0.1, 0.15) is 0 Å². The van der Waals surface area contributed by atoms with Gasteiger partial charge in [0, 0.05) is 5.41 Å². The Morgan fingerprint density at radius 2 is 1.95 bits per heavy atom. The first kappa shape index (κ1) is 16.7. The zero-order chi connectivity index (χ0) is 15.6. The van der Waals surface area contributed by atoms with Crippen LogP contribution in [0.3, 0.4) is 0 Å². The van der Waals surface area contributed by atoms with E-state index in [1.807, 2.05) is 18.2 Å². The molecule has 1 heterocycles. The molecule has 0 aliphatic heterocycles. The molecule has 0 radical (unpaired) electrons. The fraction of sp³-hybridized carbons (Fsp3) is 0.467. The van der Waals surface area contributed by atoms with Crippen LogP contribution in [0.15, 0.2) is 18.2 Å². The quantitative estimate of drug-likeness (QED) is 0.862. The van der Waals surface area contributed by atoms with E-state index in [1.165, 1.54) is 11.5 Å². The molecule has 21 heavy (non-hydrogen) atoms. The summed E-state index contributed by atoms with van der Waals surface area (Å²) in [6, 6.07) is 5.75. The Kier molecular flexibility index (Phi) is 5.25. The third-order valence-electron chi connectivity index (χ3n) is 3.17. The van der Waals surface area contributed by atoms with Crippen LogP contribution in [0.1, 0.15) is 49.9 Å². The second kappa shape index (κ2) is 6.61. The molecule has 0 saturated carbocycles. The summed E-state index contributed by atoms with van der Waals surface area (Å²) in [5.74, 6) is 0. The number of hydrogen-bond donors (Lipinski definition) is 1. The first-order chi connectivity index (χ1) is 9.84. The molecule has 0 spiro atoms. The smallest absolute Gasteiger partial charge is 0.0860 e. The average Bonchev–Trinajstić information content (AvgIpc) is 2.88. The van der Waals surface area contributed by atoms with Crippen molar-refractivity contribution in [1.82, 2.24) is 14.9 Å². The Morgan fingerprint density at radius 1 is 1.24 bits per heavy atom. The maximum Gasteiger partial charge on any atom is 0.0860 e. The SMILES string of the molecule is CCNC(c1ccc(Cl)c(Cl)c1)c1snnc1C(C)(C)C. The minimum Gasteiger partial charge on any atom is -0.306 e. The van der Waals surface area contributed by atoms with Gasteiger partial charge in [-0.2, -0.15) is 0 Å². The zero-order valence-corrected chi connectivity index (χ0v) is 14.9. The van der Waals surface area contributed by atoms with Gasteiger partial charge in [-0.3, -0.25) is 0 Å². The highest BCUT2D eigenvalue weighted by Crippen LogP contribution is 2.35. The summed E-state index contributed by atoms with van der Waals surface area (Å²) in [6.07, 6.45) is 0. The summed E-state index contributed by atoms with van der Waals surface area (Å²) < 4.78 is 4.15. The van der Waals surface area contributed by atoms with E-state index in [1.54, 1.807) is 0 Å². The van der Waals surface area contributed by atoms with Crippen LogP contribution in [0, 0.1) is 0 Å². The van der Waals surface area contributed by atoms with Crippen LogP contribution in [0.25, 0.3) is 0 Å². The molecule has 1 atom stereocenters. The molecule has 114 valence electrons. The highest BCUT2D eigenvalue weighted by molar-refractivity contribution is 7.05. The predicted molar refractivity (Wildman–Crippen MR) is 90.6 cm³/mol. The number of hydrogen-bond acceptors (Lipinski definition) is 4. The van der Waals surface area contributed by atoms with Crippen LogP contribution >= 0.6 is 34.7 Å². The van der Waals surface area contributed by atoms with Crippen molar-refractivity contribution in [3.05, 3.63) is 44.4 Å². The Bertz CT molecular complexity index is 620. The molecule has 0 bridgehead atoms. The normalized spacial score (nSPS) is 13.4. The molecule has 0 amide bonds. The van der Waals surface area contributed by atoms with Crippen molar-refractivity contribution in [2.75, 3.05) is 6.54 Å². The minimum absolute atomic E-state index is 0.0268. The molecule has 2 aromatic rings. The van der Waals surface area contributed by atoms with E-state index in [2.05, 4.69) is 42.6 Å². The zero-order valence-electron chi connectivity index (χ0n) is 12.6. The third kappa shape index (κ3) is 3.75. The first-order valence-electron chi connectivity index (χ1n) is 6.85. The maximum absolute atomic E-state index is 6.16. The van der Waals surface area contributed by atoms with Crippen LogP contribution < -0.4 is 5.32 Å². The van der Waals surface area contributed by atoms with Crippen LogP contribution in [0.2, 0.25) is 10.0 Å². The maximum atomic E-state index is 6.16. The van der Waals surface area contributed by atoms with E-state index in [9.17, 15) is 0 Å². The van der Waals surface area contributed by atoms with Gasteiger partial charge in [0.15, 0.2) is 0 Å². The summed E-state index contributed by atoms with van der Waals surface area (Å²) in [5, 5.41) is 8.94. The molecule has 3 nitrogen and oxygen atoms in total. The summed E-state index contributed by atoms with van der Waals surface area (Å²) in [4.78, 5) is 1.13. The largest absolute Gasteiger partial charge is 0.306 e. The number of nitrogens with one attached hydrogen (secondary N) is 1. The van der Waals surface area contributed by atoms with Crippen molar-refractivity contribution in [2.45, 2.75) is 39.2 Å². The molecule has 6 heteroatoms. The molecule has 0 aliphatic rings. The molecular weight excluding hydrogens is 325 g/mol. The summed E-state index contributed by atoms with van der Waals surface area (Å²) in [5.41, 5.74) is 2.04. The van der Waals surface area contributed by atoms with Gasteiger partial charge in [0.05, 0.1) is 26.7 Å². The Hall–Kier alpha value is -0.680. The van der Waals surface area contributed by atoms with E-state index in [4.69, 9.17) is 23.2 Å². The molecule has 0 fully saturated rings. The standard InChI is InChI=1S/C15H19Cl2N3S/c1-5-18-12(9-6-7-10(16)11(17)8-9)13-14(15(2,3)4)19-20-21-13/h6-8,12,18H,5H2,1-4H3. The van der Waals surface area contributed by atoms with E-state index in [0.717, 1.165) is 22.7 Å². The lowest BCUT2D eigenvalue weighted by Crippen LogP contribution is -2.25. The number of benzene rings is 1. The first-order valence-corrected chi connectivity index (χ1v) is 8.38. The monoisotopic (exact) mass is 343 g/mol. The lowest BCUT2D eigenvalue weighted by atomic mass is 9.89. The molecular formula is C15H19Cl2N3S. The summed E-state index contributed by atoms with van der Waals surface area (Å²) >= 11 is 13.6. The second-order valence-corrected chi connectivity index (χ2v) is 7.50. The van der Waals surface area contributed by atoms with Crippen molar-refractivity contribution in [3.63, 3.8) is 0 Å². The van der Waals surface area contributed by atoms with Gasteiger partial charge in [-0.05, 0) is 35.8 Å². The fourth-order valence-corrected chi connectivity index (χ4v) is 3.44. The van der Waals surface area contributed by atoms with Crippen molar-refractivity contribution < 1.29 is 0 Å². The van der Waals surface area contributed by atoms with Gasteiger partial charge in [-0.1, -0.05) is 61.5 Å². The Labute approximate surface area is 139 Å². The van der Waals surface area contributed by atoms with E-state index < -0.39 is 0 Å². The van der Waals surface area contributed by atoms with Crippen LogP contribution in [-0.4, -0.2) is 16.1 Å². The second-order valence-electron chi connectivity index (χ2n) is 5.90. The topological polar surface area (TPSA) is 37.8 Å². The molecule has 1 N–H and O–H groups in total. The van der Waals surface area contributed by atoms with E-state index in [0.29, 0.717) is 10.0 Å². The summed E-state index contributed by atoms with van der Waals surface area (Å²) in [6.45, 7) is 9.35. The van der Waals surface area contributed by atoms with E-state index in [-0.39, 0.29) is 11.5 Å². The Balaban J connectivity index is 2.49. The lowest BCUT2D eigenvalue weighted by molar-refractivity contribution is 0.543.